The minimum Gasteiger partial charge on any atom is -0.480 e. The molecule has 2 rings (SSSR count). The number of nitrogens with zero attached hydrogens (tertiary/aromatic N) is 2. The topological polar surface area (TPSA) is 105 Å². The summed E-state index contributed by atoms with van der Waals surface area (Å²) in [6.07, 6.45) is 1.22. The van der Waals surface area contributed by atoms with Crippen LogP contribution in [0.4, 0.5) is 5.95 Å². The number of hydrogen-bond acceptors (Lipinski definition) is 4. The van der Waals surface area contributed by atoms with E-state index in [1.807, 2.05) is 0 Å². The molecule has 4 N–H and O–H groups in total. The molecule has 1 aromatic rings. The Morgan fingerprint density at radius 3 is 2.67 bits per heavy atom. The van der Waals surface area contributed by atoms with Gasteiger partial charge in [0.15, 0.2) is 0 Å². The van der Waals surface area contributed by atoms with E-state index in [0.717, 1.165) is 0 Å². The van der Waals surface area contributed by atoms with Gasteiger partial charge < -0.3 is 10.8 Å². The summed E-state index contributed by atoms with van der Waals surface area (Å²) in [7, 11) is 0. The predicted molar refractivity (Wildman–Crippen MR) is 39.3 cm³/mol. The minimum absolute atomic E-state index is 0.0949. The Morgan fingerprint density at radius 1 is 1.67 bits per heavy atom. The number of nitrogens with one attached hydrogen (secondary N) is 1. The van der Waals surface area contributed by atoms with Crippen LogP contribution in [-0.2, 0) is 10.2 Å². The zero-order valence-electron chi connectivity index (χ0n) is 6.24. The largest absolute Gasteiger partial charge is 0.480 e. The lowest BCUT2D eigenvalue weighted by Gasteiger charge is -2.02. The van der Waals surface area contributed by atoms with E-state index in [9.17, 15) is 4.79 Å². The summed E-state index contributed by atoms with van der Waals surface area (Å²) in [4.78, 5) is 14.6. The van der Waals surface area contributed by atoms with Gasteiger partial charge in [-0.1, -0.05) is 0 Å². The minimum atomic E-state index is -0.862. The Morgan fingerprint density at radius 2 is 2.33 bits per heavy atom. The van der Waals surface area contributed by atoms with Crippen LogP contribution in [0.1, 0.15) is 18.7 Å². The molecule has 0 saturated heterocycles. The van der Waals surface area contributed by atoms with E-state index < -0.39 is 11.4 Å². The first-order chi connectivity index (χ1) is 5.65. The molecule has 64 valence electrons. The number of aromatic nitrogens is 3. The van der Waals surface area contributed by atoms with Gasteiger partial charge in [0, 0.05) is 0 Å². The van der Waals surface area contributed by atoms with Gasteiger partial charge in [0.1, 0.15) is 11.2 Å². The second kappa shape index (κ2) is 1.96. The molecule has 1 aromatic heterocycles. The standard InChI is InChI=1S/C6H8N4O2/c7-5-8-3(9-10-5)6(1-2-6)4(11)12/h1-2H2,(H,11,12)(H3,7,8,9,10). The average Bonchev–Trinajstić information content (AvgIpc) is 2.71. The lowest BCUT2D eigenvalue weighted by Crippen LogP contribution is -2.21. The Kier molecular flexibility index (Phi) is 1.16. The molecule has 1 aliphatic rings. The third kappa shape index (κ3) is 0.775. The highest BCUT2D eigenvalue weighted by Gasteiger charge is 2.54. The van der Waals surface area contributed by atoms with Crippen LogP contribution >= 0.6 is 0 Å². The lowest BCUT2D eigenvalue weighted by molar-refractivity contribution is -0.140. The first-order valence-electron chi connectivity index (χ1n) is 3.57. The molecule has 1 heterocycles. The molecule has 0 radical (unpaired) electrons. The normalized spacial score (nSPS) is 19.0. The van der Waals surface area contributed by atoms with E-state index in [0.29, 0.717) is 18.7 Å². The molecule has 12 heavy (non-hydrogen) atoms. The Labute approximate surface area is 67.8 Å². The zero-order chi connectivity index (χ0) is 8.77. The first kappa shape index (κ1) is 7.08. The fourth-order valence-electron chi connectivity index (χ4n) is 1.17. The molecule has 0 amide bonds. The van der Waals surface area contributed by atoms with Crippen molar-refractivity contribution in [3.63, 3.8) is 0 Å². The van der Waals surface area contributed by atoms with Crippen LogP contribution in [0.5, 0.6) is 0 Å². The molecule has 0 bridgehead atoms. The fraction of sp³-hybridized carbons (Fsp3) is 0.500. The number of carboxylic acids is 1. The highest BCUT2D eigenvalue weighted by atomic mass is 16.4. The molecular weight excluding hydrogens is 160 g/mol. The SMILES string of the molecule is Nc1n[nH]c(C2(C(=O)O)CC2)n1. The van der Waals surface area contributed by atoms with Crippen molar-refractivity contribution in [2.75, 3.05) is 5.73 Å². The Balaban J connectivity index is 2.36. The van der Waals surface area contributed by atoms with Gasteiger partial charge in [0.2, 0.25) is 5.95 Å². The van der Waals surface area contributed by atoms with E-state index in [2.05, 4.69) is 15.2 Å². The van der Waals surface area contributed by atoms with Gasteiger partial charge in [0.05, 0.1) is 0 Å². The number of anilines is 1. The summed E-state index contributed by atoms with van der Waals surface area (Å²) in [6, 6.07) is 0. The molecule has 0 atom stereocenters. The van der Waals surface area contributed by atoms with Crippen LogP contribution in [0.15, 0.2) is 0 Å². The van der Waals surface area contributed by atoms with E-state index >= 15 is 0 Å². The molecule has 6 nitrogen and oxygen atoms in total. The molecule has 1 saturated carbocycles. The van der Waals surface area contributed by atoms with Crippen LogP contribution in [0.3, 0.4) is 0 Å². The number of carbonyl (C=O) groups is 1. The number of H-pyrrole nitrogens is 1. The molecule has 0 spiro atoms. The summed E-state index contributed by atoms with van der Waals surface area (Å²) in [5.41, 5.74) is 4.43. The van der Waals surface area contributed by atoms with E-state index in [1.165, 1.54) is 0 Å². The van der Waals surface area contributed by atoms with Crippen molar-refractivity contribution in [3.8, 4) is 0 Å². The number of nitrogen functional groups attached to an aromatic ring is 1. The maximum absolute atomic E-state index is 10.8. The Hall–Kier alpha value is -1.59. The van der Waals surface area contributed by atoms with Crippen molar-refractivity contribution in [2.24, 2.45) is 0 Å². The van der Waals surface area contributed by atoms with Crippen LogP contribution in [0.25, 0.3) is 0 Å². The van der Waals surface area contributed by atoms with Crippen LogP contribution < -0.4 is 5.73 Å². The van der Waals surface area contributed by atoms with Crippen molar-refractivity contribution in [3.05, 3.63) is 5.82 Å². The maximum Gasteiger partial charge on any atom is 0.317 e. The van der Waals surface area contributed by atoms with Crippen molar-refractivity contribution in [1.82, 2.24) is 15.2 Å². The molecule has 0 unspecified atom stereocenters. The summed E-state index contributed by atoms with van der Waals surface area (Å²) < 4.78 is 0. The second-order valence-corrected chi connectivity index (χ2v) is 2.93. The number of nitrogens with two attached hydrogens (primary N) is 1. The summed E-state index contributed by atoms with van der Waals surface area (Å²) in [5, 5.41) is 14.9. The summed E-state index contributed by atoms with van der Waals surface area (Å²) in [5.74, 6) is -0.399. The van der Waals surface area contributed by atoms with Gasteiger partial charge in [-0.3, -0.25) is 9.89 Å². The zero-order valence-corrected chi connectivity index (χ0v) is 6.24. The molecule has 0 aromatic carbocycles. The maximum atomic E-state index is 10.8. The molecule has 0 aliphatic heterocycles. The fourth-order valence-corrected chi connectivity index (χ4v) is 1.17. The first-order valence-corrected chi connectivity index (χ1v) is 3.57. The second-order valence-electron chi connectivity index (χ2n) is 2.93. The predicted octanol–water partition coefficient (Wildman–Crippen LogP) is -0.497. The van der Waals surface area contributed by atoms with Crippen LogP contribution in [0.2, 0.25) is 0 Å². The summed E-state index contributed by atoms with van der Waals surface area (Å²) in [6.45, 7) is 0. The van der Waals surface area contributed by atoms with Gasteiger partial charge in [0.25, 0.3) is 0 Å². The smallest absolute Gasteiger partial charge is 0.317 e. The van der Waals surface area contributed by atoms with Crippen molar-refractivity contribution < 1.29 is 9.90 Å². The highest BCUT2D eigenvalue weighted by molar-refractivity contribution is 5.83. The van der Waals surface area contributed by atoms with Gasteiger partial charge in [-0.2, -0.15) is 4.98 Å². The van der Waals surface area contributed by atoms with Gasteiger partial charge in [-0.15, -0.1) is 5.10 Å². The molecule has 6 heteroatoms. The van der Waals surface area contributed by atoms with Crippen molar-refractivity contribution >= 4 is 11.9 Å². The van der Waals surface area contributed by atoms with Gasteiger partial charge in [-0.05, 0) is 12.8 Å². The highest BCUT2D eigenvalue weighted by Crippen LogP contribution is 2.46. The monoisotopic (exact) mass is 168 g/mol. The van der Waals surface area contributed by atoms with Crippen LogP contribution in [-0.4, -0.2) is 26.3 Å². The van der Waals surface area contributed by atoms with E-state index in [1.54, 1.807) is 0 Å². The summed E-state index contributed by atoms with van der Waals surface area (Å²) >= 11 is 0. The average molecular weight is 168 g/mol. The number of hydrogen-bond donors (Lipinski definition) is 3. The number of rotatable bonds is 2. The molecular formula is C6H8N4O2. The van der Waals surface area contributed by atoms with E-state index in [4.69, 9.17) is 10.8 Å². The van der Waals surface area contributed by atoms with E-state index in [-0.39, 0.29) is 5.95 Å². The Bertz CT molecular complexity index is 328. The van der Waals surface area contributed by atoms with Crippen molar-refractivity contribution in [1.29, 1.82) is 0 Å². The third-order valence-electron chi connectivity index (χ3n) is 2.12. The lowest BCUT2D eigenvalue weighted by atomic mass is 10.1. The number of aromatic amines is 1. The number of carboxylic acid groups (broad SMARTS) is 1. The van der Waals surface area contributed by atoms with Gasteiger partial charge in [-0.25, -0.2) is 0 Å². The molecule has 1 fully saturated rings. The third-order valence-corrected chi connectivity index (χ3v) is 2.12. The van der Waals surface area contributed by atoms with Crippen LogP contribution in [0, 0.1) is 0 Å². The number of aliphatic carboxylic acids is 1. The van der Waals surface area contributed by atoms with Crippen molar-refractivity contribution in [2.45, 2.75) is 18.3 Å². The molecule has 1 aliphatic carbocycles. The quantitative estimate of drug-likeness (QED) is 0.552. The van der Waals surface area contributed by atoms with Gasteiger partial charge >= 0.3 is 5.97 Å².